The van der Waals surface area contributed by atoms with E-state index in [2.05, 4.69) is 10.3 Å². The number of hydrogen-bond acceptors (Lipinski definition) is 4. The van der Waals surface area contributed by atoms with Gasteiger partial charge in [-0.2, -0.15) is 0 Å². The molecule has 0 aliphatic carbocycles. The van der Waals surface area contributed by atoms with Gasteiger partial charge in [-0.1, -0.05) is 54.6 Å². The van der Waals surface area contributed by atoms with Crippen LogP contribution in [0, 0.1) is 6.92 Å². The van der Waals surface area contributed by atoms with Crippen molar-refractivity contribution in [3.8, 4) is 0 Å². The minimum absolute atomic E-state index is 0.0750. The second-order valence-corrected chi connectivity index (χ2v) is 7.19. The van der Waals surface area contributed by atoms with E-state index in [9.17, 15) is 9.59 Å². The monoisotopic (exact) mass is 402 g/mol. The Morgan fingerprint density at radius 3 is 2.20 bits per heavy atom. The number of anilines is 2. The molecule has 30 heavy (non-hydrogen) atoms. The zero-order valence-electron chi connectivity index (χ0n) is 17.3. The maximum atomic E-state index is 13.1. The van der Waals surface area contributed by atoms with Gasteiger partial charge in [0.05, 0.1) is 19.6 Å². The molecule has 0 radical (unpaired) electrons. The average Bonchev–Trinajstić information content (AvgIpc) is 2.73. The van der Waals surface area contributed by atoms with Gasteiger partial charge in [-0.05, 0) is 43.8 Å². The fourth-order valence-electron chi connectivity index (χ4n) is 3.11. The molecule has 1 aromatic heterocycles. The number of nitrogens with one attached hydrogen (secondary N) is 1. The Morgan fingerprint density at radius 1 is 0.867 bits per heavy atom. The summed E-state index contributed by atoms with van der Waals surface area (Å²) in [5.41, 5.74) is 2.70. The van der Waals surface area contributed by atoms with E-state index in [1.165, 1.54) is 0 Å². The summed E-state index contributed by atoms with van der Waals surface area (Å²) in [5, 5.41) is 2.77. The van der Waals surface area contributed by atoms with Gasteiger partial charge in [0.25, 0.3) is 0 Å². The molecule has 2 amide bonds. The summed E-state index contributed by atoms with van der Waals surface area (Å²) in [6.07, 6.45) is 0. The number of carbonyl (C=O) groups excluding carboxylic acids is 2. The summed E-state index contributed by atoms with van der Waals surface area (Å²) < 4.78 is 0. The van der Waals surface area contributed by atoms with Crippen LogP contribution < -0.4 is 10.2 Å². The summed E-state index contributed by atoms with van der Waals surface area (Å²) in [4.78, 5) is 33.1. The molecule has 1 heterocycles. The van der Waals surface area contributed by atoms with E-state index in [4.69, 9.17) is 0 Å². The highest BCUT2D eigenvalue weighted by atomic mass is 16.2. The van der Waals surface area contributed by atoms with Crippen LogP contribution >= 0.6 is 0 Å². The molecule has 0 fully saturated rings. The first-order chi connectivity index (χ1) is 14.5. The molecule has 154 valence electrons. The lowest BCUT2D eigenvalue weighted by Crippen LogP contribution is -2.41. The molecule has 0 aliphatic rings. The molecular weight excluding hydrogens is 376 g/mol. The van der Waals surface area contributed by atoms with E-state index < -0.39 is 0 Å². The largest absolute Gasteiger partial charge is 0.310 e. The van der Waals surface area contributed by atoms with Gasteiger partial charge in [-0.25, -0.2) is 4.98 Å². The van der Waals surface area contributed by atoms with Crippen LogP contribution in [0.2, 0.25) is 0 Å². The average molecular weight is 402 g/mol. The maximum absolute atomic E-state index is 13.1. The number of amides is 2. The number of aryl methyl sites for hydroxylation is 1. The Balaban J connectivity index is 1.63. The molecule has 1 N–H and O–H groups in total. The Labute approximate surface area is 177 Å². The topological polar surface area (TPSA) is 65.5 Å². The summed E-state index contributed by atoms with van der Waals surface area (Å²) >= 11 is 0. The molecule has 0 saturated carbocycles. The van der Waals surface area contributed by atoms with Crippen molar-refractivity contribution in [3.05, 3.63) is 90.1 Å². The summed E-state index contributed by atoms with van der Waals surface area (Å²) in [5.74, 6) is 0.224. The molecule has 0 unspecified atom stereocenters. The van der Waals surface area contributed by atoms with Crippen molar-refractivity contribution in [2.24, 2.45) is 0 Å². The van der Waals surface area contributed by atoms with Crippen molar-refractivity contribution in [3.63, 3.8) is 0 Å². The van der Waals surface area contributed by atoms with E-state index in [-0.39, 0.29) is 24.9 Å². The van der Waals surface area contributed by atoms with Gasteiger partial charge in [-0.15, -0.1) is 0 Å². The van der Waals surface area contributed by atoms with Crippen LogP contribution in [0.5, 0.6) is 0 Å². The van der Waals surface area contributed by atoms with Crippen LogP contribution in [-0.2, 0) is 16.1 Å². The van der Waals surface area contributed by atoms with E-state index in [0.29, 0.717) is 12.4 Å². The van der Waals surface area contributed by atoms with Gasteiger partial charge < -0.3 is 10.2 Å². The number of pyridine rings is 1. The van der Waals surface area contributed by atoms with Crippen molar-refractivity contribution >= 4 is 23.3 Å². The first-order valence-electron chi connectivity index (χ1n) is 9.82. The highest BCUT2D eigenvalue weighted by Crippen LogP contribution is 2.17. The highest BCUT2D eigenvalue weighted by Gasteiger charge is 2.19. The van der Waals surface area contributed by atoms with Crippen molar-refractivity contribution in [2.75, 3.05) is 30.4 Å². The standard InChI is InChI=1S/C24H26N4O2/c1-19-10-9-15-22(25-19)26-23(29)17-27(2)18-24(30)28(21-13-7-4-8-14-21)16-20-11-5-3-6-12-20/h3-15H,16-18H2,1-2H3,(H,25,26,29). The van der Waals surface area contributed by atoms with Gasteiger partial charge in [0, 0.05) is 11.4 Å². The molecule has 0 aliphatic heterocycles. The first kappa shape index (κ1) is 21.2. The van der Waals surface area contributed by atoms with E-state index in [1.54, 1.807) is 22.9 Å². The number of carbonyl (C=O) groups is 2. The van der Waals surface area contributed by atoms with Gasteiger partial charge in [0.1, 0.15) is 5.82 Å². The van der Waals surface area contributed by atoms with Crippen LogP contribution in [0.3, 0.4) is 0 Å². The fraction of sp³-hybridized carbons (Fsp3) is 0.208. The number of aromatic nitrogens is 1. The van der Waals surface area contributed by atoms with Gasteiger partial charge in [0.2, 0.25) is 11.8 Å². The number of likely N-dealkylation sites (N-methyl/N-ethyl adjacent to an activating group) is 1. The molecule has 0 saturated heterocycles. The second-order valence-electron chi connectivity index (χ2n) is 7.19. The first-order valence-corrected chi connectivity index (χ1v) is 9.82. The lowest BCUT2D eigenvalue weighted by molar-refractivity contribution is -0.121. The number of para-hydroxylation sites is 1. The SMILES string of the molecule is Cc1cccc(NC(=O)CN(C)CC(=O)N(Cc2ccccc2)c2ccccc2)n1. The van der Waals surface area contributed by atoms with E-state index >= 15 is 0 Å². The Kier molecular flexibility index (Phi) is 7.29. The smallest absolute Gasteiger partial charge is 0.241 e. The number of nitrogens with zero attached hydrogens (tertiary/aromatic N) is 3. The van der Waals surface area contributed by atoms with Crippen molar-refractivity contribution < 1.29 is 9.59 Å². The minimum atomic E-state index is -0.210. The third-order valence-electron chi connectivity index (χ3n) is 4.53. The van der Waals surface area contributed by atoms with Gasteiger partial charge in [0.15, 0.2) is 0 Å². The minimum Gasteiger partial charge on any atom is -0.310 e. The molecule has 6 nitrogen and oxygen atoms in total. The fourth-order valence-corrected chi connectivity index (χ4v) is 3.11. The number of hydrogen-bond donors (Lipinski definition) is 1. The normalized spacial score (nSPS) is 10.6. The van der Waals surface area contributed by atoms with Crippen molar-refractivity contribution in [2.45, 2.75) is 13.5 Å². The van der Waals surface area contributed by atoms with Crippen molar-refractivity contribution in [1.29, 1.82) is 0 Å². The van der Waals surface area contributed by atoms with Gasteiger partial charge in [-0.3, -0.25) is 14.5 Å². The predicted octanol–water partition coefficient (Wildman–Crippen LogP) is 3.49. The van der Waals surface area contributed by atoms with Crippen LogP contribution in [-0.4, -0.2) is 41.8 Å². The highest BCUT2D eigenvalue weighted by molar-refractivity contribution is 5.96. The summed E-state index contributed by atoms with van der Waals surface area (Å²) in [6, 6.07) is 24.9. The quantitative estimate of drug-likeness (QED) is 0.626. The van der Waals surface area contributed by atoms with Crippen LogP contribution in [0.15, 0.2) is 78.9 Å². The second kappa shape index (κ2) is 10.3. The molecule has 0 spiro atoms. The van der Waals surface area contributed by atoms with Crippen LogP contribution in [0.25, 0.3) is 0 Å². The Morgan fingerprint density at radius 2 is 1.53 bits per heavy atom. The zero-order chi connectivity index (χ0) is 21.3. The summed E-state index contributed by atoms with van der Waals surface area (Å²) in [6.45, 7) is 2.55. The molecular formula is C24H26N4O2. The Bertz CT molecular complexity index is 977. The van der Waals surface area contributed by atoms with Crippen LogP contribution in [0.1, 0.15) is 11.3 Å². The third kappa shape index (κ3) is 6.25. The predicted molar refractivity (Wildman–Crippen MR) is 119 cm³/mol. The third-order valence-corrected chi connectivity index (χ3v) is 4.53. The lowest BCUT2D eigenvalue weighted by atomic mass is 10.2. The van der Waals surface area contributed by atoms with Crippen molar-refractivity contribution in [1.82, 2.24) is 9.88 Å². The molecule has 6 heteroatoms. The Hall–Kier alpha value is -3.51. The molecule has 3 aromatic rings. The van der Waals surface area contributed by atoms with Gasteiger partial charge >= 0.3 is 0 Å². The number of rotatable bonds is 8. The molecule has 3 rings (SSSR count). The lowest BCUT2D eigenvalue weighted by Gasteiger charge is -2.25. The zero-order valence-corrected chi connectivity index (χ0v) is 17.3. The van der Waals surface area contributed by atoms with E-state index in [0.717, 1.165) is 16.9 Å². The molecule has 0 bridgehead atoms. The molecule has 0 atom stereocenters. The number of benzene rings is 2. The summed E-state index contributed by atoms with van der Waals surface area (Å²) in [7, 11) is 1.76. The van der Waals surface area contributed by atoms with Crippen LogP contribution in [0.4, 0.5) is 11.5 Å². The van der Waals surface area contributed by atoms with E-state index in [1.807, 2.05) is 79.7 Å². The maximum Gasteiger partial charge on any atom is 0.241 e. The molecule has 2 aromatic carbocycles.